The summed E-state index contributed by atoms with van der Waals surface area (Å²) in [5, 5.41) is 0. The number of fused-ring (bicyclic) bond motifs is 1. The van der Waals surface area contributed by atoms with Gasteiger partial charge in [-0.3, -0.25) is 4.90 Å². The smallest absolute Gasteiger partial charge is 0.0586 e. The van der Waals surface area contributed by atoms with E-state index in [0.29, 0.717) is 18.5 Å². The highest BCUT2D eigenvalue weighted by Gasteiger charge is 2.44. The van der Waals surface area contributed by atoms with Gasteiger partial charge in [0.15, 0.2) is 0 Å². The van der Waals surface area contributed by atoms with Gasteiger partial charge in [0.1, 0.15) is 0 Å². The Morgan fingerprint density at radius 3 is 2.52 bits per heavy atom. The highest BCUT2D eigenvalue weighted by atomic mass is 15.2. The first-order valence-electron chi connectivity index (χ1n) is 8.26. The summed E-state index contributed by atoms with van der Waals surface area (Å²) in [4.78, 5) is 2.54. The molecule has 0 aliphatic heterocycles. The topological polar surface area (TPSA) is 29.3 Å². The monoisotopic (exact) mass is 288 g/mol. The predicted molar refractivity (Wildman–Crippen MR) is 91.5 cm³/mol. The molecule has 1 aliphatic carbocycles. The number of benzene rings is 1. The zero-order valence-corrected chi connectivity index (χ0v) is 14.6. The van der Waals surface area contributed by atoms with Crippen LogP contribution in [0.15, 0.2) is 24.3 Å². The number of hydrogen-bond donors (Lipinski definition) is 1. The van der Waals surface area contributed by atoms with Crippen LogP contribution >= 0.6 is 0 Å². The molecule has 0 bridgehead atoms. The lowest BCUT2D eigenvalue weighted by molar-refractivity contribution is 0.0154. The van der Waals surface area contributed by atoms with Crippen LogP contribution in [0.2, 0.25) is 0 Å². The van der Waals surface area contributed by atoms with Gasteiger partial charge in [0, 0.05) is 12.6 Å². The van der Waals surface area contributed by atoms with Crippen LogP contribution in [0, 0.1) is 5.41 Å². The molecule has 2 nitrogen and oxygen atoms in total. The minimum absolute atomic E-state index is 0.0181. The lowest BCUT2D eigenvalue weighted by Crippen LogP contribution is -2.57. The fourth-order valence-electron chi connectivity index (χ4n) is 3.77. The van der Waals surface area contributed by atoms with Gasteiger partial charge in [-0.15, -0.1) is 0 Å². The molecule has 0 saturated heterocycles. The molecule has 118 valence electrons. The molecule has 0 fully saturated rings. The van der Waals surface area contributed by atoms with Crippen LogP contribution in [-0.4, -0.2) is 24.5 Å². The second kappa shape index (κ2) is 5.73. The third-order valence-corrected chi connectivity index (χ3v) is 5.83. The largest absolute Gasteiger partial charge is 0.328 e. The van der Waals surface area contributed by atoms with Crippen LogP contribution in [0.5, 0.6) is 0 Å². The quantitative estimate of drug-likeness (QED) is 0.907. The van der Waals surface area contributed by atoms with E-state index in [-0.39, 0.29) is 11.0 Å². The Balaban J connectivity index is 2.50. The summed E-state index contributed by atoms with van der Waals surface area (Å²) >= 11 is 0. The van der Waals surface area contributed by atoms with E-state index in [1.807, 2.05) is 0 Å². The number of nitrogens with zero attached hydrogens (tertiary/aromatic N) is 1. The molecule has 0 saturated carbocycles. The van der Waals surface area contributed by atoms with Crippen molar-refractivity contribution in [3.8, 4) is 0 Å². The molecule has 0 radical (unpaired) electrons. The molecule has 2 N–H and O–H groups in total. The van der Waals surface area contributed by atoms with Crippen LogP contribution < -0.4 is 5.73 Å². The second-order valence-electron chi connectivity index (χ2n) is 7.92. The first-order valence-corrected chi connectivity index (χ1v) is 8.26. The average molecular weight is 288 g/mol. The zero-order chi connectivity index (χ0) is 15.8. The Kier molecular flexibility index (Phi) is 4.51. The van der Waals surface area contributed by atoms with Crippen molar-refractivity contribution in [2.45, 2.75) is 65.0 Å². The van der Waals surface area contributed by atoms with Gasteiger partial charge in [0.05, 0.1) is 5.54 Å². The Bertz CT molecular complexity index is 489. The van der Waals surface area contributed by atoms with E-state index in [1.165, 1.54) is 17.5 Å². The van der Waals surface area contributed by atoms with Crippen LogP contribution in [0.4, 0.5) is 0 Å². The molecule has 2 heteroatoms. The van der Waals surface area contributed by atoms with E-state index in [0.717, 1.165) is 6.42 Å². The molecule has 1 aromatic rings. The third-order valence-electron chi connectivity index (χ3n) is 5.83. The fraction of sp³-hybridized carbons (Fsp3) is 0.684. The van der Waals surface area contributed by atoms with Gasteiger partial charge in [-0.1, -0.05) is 52.0 Å². The molecule has 3 unspecified atom stereocenters. The molecular weight excluding hydrogens is 256 g/mol. The first-order chi connectivity index (χ1) is 9.74. The number of hydrogen-bond acceptors (Lipinski definition) is 2. The second-order valence-corrected chi connectivity index (χ2v) is 7.92. The predicted octanol–water partition coefficient (Wildman–Crippen LogP) is 4.10. The fourth-order valence-corrected chi connectivity index (χ4v) is 3.77. The van der Waals surface area contributed by atoms with E-state index in [2.05, 4.69) is 70.8 Å². The van der Waals surface area contributed by atoms with Crippen molar-refractivity contribution in [2.75, 3.05) is 13.6 Å². The molecule has 0 heterocycles. The lowest BCUT2D eigenvalue weighted by atomic mass is 9.70. The summed E-state index contributed by atoms with van der Waals surface area (Å²) in [5.41, 5.74) is 9.50. The maximum atomic E-state index is 6.34. The molecule has 0 aromatic heterocycles. The molecule has 1 aromatic carbocycles. The summed E-state index contributed by atoms with van der Waals surface area (Å²) in [5.74, 6) is 0.638. The maximum absolute atomic E-state index is 6.34. The summed E-state index contributed by atoms with van der Waals surface area (Å²) in [6.45, 7) is 12.3. The van der Waals surface area contributed by atoms with Crippen molar-refractivity contribution in [3.63, 3.8) is 0 Å². The zero-order valence-electron chi connectivity index (χ0n) is 14.6. The Morgan fingerprint density at radius 1 is 1.33 bits per heavy atom. The van der Waals surface area contributed by atoms with Gasteiger partial charge >= 0.3 is 0 Å². The van der Waals surface area contributed by atoms with E-state index in [9.17, 15) is 0 Å². The van der Waals surface area contributed by atoms with Gasteiger partial charge < -0.3 is 5.73 Å². The Hall–Kier alpha value is -0.860. The van der Waals surface area contributed by atoms with Crippen LogP contribution in [0.3, 0.4) is 0 Å². The van der Waals surface area contributed by atoms with Gasteiger partial charge in [-0.2, -0.15) is 0 Å². The van der Waals surface area contributed by atoms with E-state index in [4.69, 9.17) is 5.73 Å². The van der Waals surface area contributed by atoms with Crippen LogP contribution in [0.25, 0.3) is 0 Å². The third kappa shape index (κ3) is 2.76. The average Bonchev–Trinajstić information content (AvgIpc) is 2.46. The van der Waals surface area contributed by atoms with E-state index in [1.54, 1.807) is 0 Å². The van der Waals surface area contributed by atoms with Gasteiger partial charge in [-0.25, -0.2) is 0 Å². The van der Waals surface area contributed by atoms with E-state index < -0.39 is 0 Å². The van der Waals surface area contributed by atoms with Gasteiger partial charge in [-0.05, 0) is 49.3 Å². The molecule has 0 amide bonds. The normalized spacial score (nSPS) is 27.5. The molecule has 21 heavy (non-hydrogen) atoms. The minimum atomic E-state index is -0.0181. The number of rotatable bonds is 3. The van der Waals surface area contributed by atoms with Gasteiger partial charge in [0.25, 0.3) is 0 Å². The SMILES string of the molecule is CC1CCC(CN)(N(C)C(C)C(C)(C)C)c2ccccc21. The highest BCUT2D eigenvalue weighted by Crippen LogP contribution is 2.45. The summed E-state index contributed by atoms with van der Waals surface area (Å²) in [7, 11) is 2.26. The van der Waals surface area contributed by atoms with Crippen LogP contribution in [0.1, 0.15) is 64.5 Å². The molecule has 1 aliphatic rings. The lowest BCUT2D eigenvalue weighted by Gasteiger charge is -2.52. The standard InChI is InChI=1S/C19H32N2/c1-14-11-12-19(13-20,17-10-8-7-9-16(14)17)21(6)15(2)18(3,4)5/h7-10,14-15H,11-13,20H2,1-6H3. The summed E-state index contributed by atoms with van der Waals surface area (Å²) < 4.78 is 0. The summed E-state index contributed by atoms with van der Waals surface area (Å²) in [6, 6.07) is 9.39. The van der Waals surface area contributed by atoms with Crippen molar-refractivity contribution in [3.05, 3.63) is 35.4 Å². The molecule has 0 spiro atoms. The Morgan fingerprint density at radius 2 is 1.95 bits per heavy atom. The molecule has 2 rings (SSSR count). The highest BCUT2D eigenvalue weighted by molar-refractivity contribution is 5.39. The first kappa shape index (κ1) is 16.5. The van der Waals surface area contributed by atoms with Crippen molar-refractivity contribution >= 4 is 0 Å². The van der Waals surface area contributed by atoms with Crippen molar-refractivity contribution < 1.29 is 0 Å². The maximum Gasteiger partial charge on any atom is 0.0586 e. The summed E-state index contributed by atoms with van der Waals surface area (Å²) in [6.07, 6.45) is 2.37. The number of nitrogens with two attached hydrogens (primary N) is 1. The molecule has 3 atom stereocenters. The van der Waals surface area contributed by atoms with Crippen molar-refractivity contribution in [1.29, 1.82) is 0 Å². The van der Waals surface area contributed by atoms with Gasteiger partial charge in [0.2, 0.25) is 0 Å². The van der Waals surface area contributed by atoms with Crippen LogP contribution in [-0.2, 0) is 5.54 Å². The minimum Gasteiger partial charge on any atom is -0.328 e. The molecular formula is C19H32N2. The van der Waals surface area contributed by atoms with Crippen molar-refractivity contribution in [2.24, 2.45) is 11.1 Å². The van der Waals surface area contributed by atoms with E-state index >= 15 is 0 Å². The Labute approximate surface area is 130 Å². The number of likely N-dealkylation sites (N-methyl/N-ethyl adjacent to an activating group) is 1. The van der Waals surface area contributed by atoms with Crippen molar-refractivity contribution in [1.82, 2.24) is 4.90 Å².